The van der Waals surface area contributed by atoms with Gasteiger partial charge in [0.2, 0.25) is 0 Å². The molecule has 0 amide bonds. The van der Waals surface area contributed by atoms with Crippen LogP contribution < -0.4 is 0 Å². The van der Waals surface area contributed by atoms with Crippen molar-refractivity contribution in [1.29, 1.82) is 0 Å². The standard InChI is InChI=1S/C10H9F/c11-10-6-5-8-3-1-2-4-9(8)7-10/h1-2,5-7H,3-4H2. The monoisotopic (exact) mass is 148 g/mol. The number of allylic oxidation sites excluding steroid dienone is 2. The van der Waals surface area contributed by atoms with Crippen molar-refractivity contribution in [2.45, 2.75) is 12.8 Å². The van der Waals surface area contributed by atoms with Crippen molar-refractivity contribution in [3.05, 3.63) is 47.3 Å². The summed E-state index contributed by atoms with van der Waals surface area (Å²) in [5, 5.41) is 0. The molecule has 11 heavy (non-hydrogen) atoms. The maximum Gasteiger partial charge on any atom is 0.123 e. The maximum atomic E-state index is 12.7. The maximum absolute atomic E-state index is 12.7. The number of hydrogen-bond acceptors (Lipinski definition) is 0. The minimum atomic E-state index is -0.126. The molecule has 0 aliphatic heterocycles. The van der Waals surface area contributed by atoms with Gasteiger partial charge in [0.05, 0.1) is 0 Å². The number of fused-ring (bicyclic) bond motifs is 1. The number of hydrogen-bond donors (Lipinski definition) is 0. The largest absolute Gasteiger partial charge is 0.207 e. The summed E-state index contributed by atoms with van der Waals surface area (Å²) in [6.45, 7) is 0. The zero-order valence-electron chi connectivity index (χ0n) is 6.18. The molecule has 2 rings (SSSR count). The molecule has 0 aromatic heterocycles. The second kappa shape index (κ2) is 2.50. The van der Waals surface area contributed by atoms with E-state index >= 15 is 0 Å². The van der Waals surface area contributed by atoms with Crippen molar-refractivity contribution in [2.24, 2.45) is 0 Å². The quantitative estimate of drug-likeness (QED) is 0.496. The zero-order valence-corrected chi connectivity index (χ0v) is 6.18. The highest BCUT2D eigenvalue weighted by Crippen LogP contribution is 2.17. The van der Waals surface area contributed by atoms with E-state index in [-0.39, 0.29) is 5.82 Å². The Hall–Kier alpha value is -1.11. The van der Waals surface area contributed by atoms with Crippen molar-refractivity contribution in [3.8, 4) is 0 Å². The first-order chi connectivity index (χ1) is 5.36. The average molecular weight is 148 g/mol. The van der Waals surface area contributed by atoms with E-state index in [0.717, 1.165) is 18.4 Å². The molecular formula is C10H9F. The summed E-state index contributed by atoms with van der Waals surface area (Å²) in [5.74, 6) is -0.126. The van der Waals surface area contributed by atoms with Gasteiger partial charge in [-0.25, -0.2) is 4.39 Å². The van der Waals surface area contributed by atoms with Crippen LogP contribution in [0.5, 0.6) is 0 Å². The van der Waals surface area contributed by atoms with Crippen molar-refractivity contribution < 1.29 is 4.39 Å². The lowest BCUT2D eigenvalue weighted by Crippen LogP contribution is -1.97. The summed E-state index contributed by atoms with van der Waals surface area (Å²) in [5.41, 5.74) is 2.39. The number of rotatable bonds is 0. The molecule has 0 saturated carbocycles. The van der Waals surface area contributed by atoms with Crippen molar-refractivity contribution in [2.75, 3.05) is 0 Å². The van der Waals surface area contributed by atoms with E-state index in [0.29, 0.717) is 0 Å². The molecule has 1 aliphatic carbocycles. The lowest BCUT2D eigenvalue weighted by molar-refractivity contribution is 0.625. The van der Waals surface area contributed by atoms with E-state index in [2.05, 4.69) is 12.2 Å². The Balaban J connectivity index is 2.48. The average Bonchev–Trinajstić information content (AvgIpc) is 2.04. The van der Waals surface area contributed by atoms with Crippen LogP contribution in [0.3, 0.4) is 0 Å². The second-order valence-electron chi connectivity index (χ2n) is 2.79. The van der Waals surface area contributed by atoms with Gasteiger partial charge in [0.1, 0.15) is 5.82 Å². The van der Waals surface area contributed by atoms with Gasteiger partial charge < -0.3 is 0 Å². The van der Waals surface area contributed by atoms with Gasteiger partial charge >= 0.3 is 0 Å². The molecule has 0 spiro atoms. The van der Waals surface area contributed by atoms with Crippen molar-refractivity contribution in [1.82, 2.24) is 0 Å². The highest BCUT2D eigenvalue weighted by atomic mass is 19.1. The number of benzene rings is 1. The fraction of sp³-hybridized carbons (Fsp3) is 0.200. The lowest BCUT2D eigenvalue weighted by Gasteiger charge is -2.09. The molecular weight excluding hydrogens is 139 g/mol. The second-order valence-corrected chi connectivity index (χ2v) is 2.79. The van der Waals surface area contributed by atoms with Crippen LogP contribution in [-0.4, -0.2) is 0 Å². The molecule has 0 radical (unpaired) electrons. The summed E-state index contributed by atoms with van der Waals surface area (Å²) in [4.78, 5) is 0. The first-order valence-corrected chi connectivity index (χ1v) is 3.78. The number of halogens is 1. The first-order valence-electron chi connectivity index (χ1n) is 3.78. The van der Waals surface area contributed by atoms with E-state index in [1.54, 1.807) is 6.07 Å². The van der Waals surface area contributed by atoms with Crippen LogP contribution in [-0.2, 0) is 12.8 Å². The van der Waals surface area contributed by atoms with Crippen molar-refractivity contribution >= 4 is 0 Å². The van der Waals surface area contributed by atoms with Gasteiger partial charge in [0, 0.05) is 0 Å². The summed E-state index contributed by atoms with van der Waals surface area (Å²) >= 11 is 0. The van der Waals surface area contributed by atoms with Gasteiger partial charge in [-0.15, -0.1) is 0 Å². The molecule has 0 N–H and O–H groups in total. The Bertz CT molecular complexity index is 300. The summed E-state index contributed by atoms with van der Waals surface area (Å²) in [6, 6.07) is 5.02. The molecule has 1 aromatic rings. The topological polar surface area (TPSA) is 0 Å². The predicted molar refractivity (Wildman–Crippen MR) is 42.9 cm³/mol. The van der Waals surface area contributed by atoms with Crippen molar-refractivity contribution in [3.63, 3.8) is 0 Å². The van der Waals surface area contributed by atoms with Crippen LogP contribution in [0.15, 0.2) is 30.4 Å². The third-order valence-electron chi connectivity index (χ3n) is 2.01. The molecule has 1 heteroatoms. The highest BCUT2D eigenvalue weighted by Gasteiger charge is 2.04. The Morgan fingerprint density at radius 1 is 1.00 bits per heavy atom. The lowest BCUT2D eigenvalue weighted by atomic mass is 9.97. The smallest absolute Gasteiger partial charge is 0.123 e. The summed E-state index contributed by atoms with van der Waals surface area (Å²) in [7, 11) is 0. The first kappa shape index (κ1) is 6.59. The van der Waals surface area contributed by atoms with Gasteiger partial charge in [0.25, 0.3) is 0 Å². The molecule has 0 saturated heterocycles. The normalized spacial score (nSPS) is 14.6. The Morgan fingerprint density at radius 2 is 1.73 bits per heavy atom. The van der Waals surface area contributed by atoms with Crippen LogP contribution >= 0.6 is 0 Å². The Morgan fingerprint density at radius 3 is 2.55 bits per heavy atom. The van der Waals surface area contributed by atoms with Gasteiger partial charge in [-0.3, -0.25) is 0 Å². The Labute approximate surface area is 65.4 Å². The SMILES string of the molecule is Fc1ccc2c(c1)CC=CC2. The van der Waals surface area contributed by atoms with Gasteiger partial charge in [-0.2, -0.15) is 0 Å². The van der Waals surface area contributed by atoms with Crippen LogP contribution in [0.25, 0.3) is 0 Å². The zero-order chi connectivity index (χ0) is 7.68. The minimum absolute atomic E-state index is 0.126. The highest BCUT2D eigenvalue weighted by molar-refractivity contribution is 5.34. The molecule has 0 fully saturated rings. The molecule has 0 bridgehead atoms. The van der Waals surface area contributed by atoms with Crippen LogP contribution in [0, 0.1) is 5.82 Å². The fourth-order valence-electron chi connectivity index (χ4n) is 1.40. The minimum Gasteiger partial charge on any atom is -0.207 e. The predicted octanol–water partition coefficient (Wildman–Crippen LogP) is 2.48. The molecule has 0 unspecified atom stereocenters. The molecule has 1 aromatic carbocycles. The van der Waals surface area contributed by atoms with Gasteiger partial charge in [-0.1, -0.05) is 18.2 Å². The summed E-state index contributed by atoms with van der Waals surface area (Å²) in [6.07, 6.45) is 6.05. The van der Waals surface area contributed by atoms with E-state index < -0.39 is 0 Å². The van der Waals surface area contributed by atoms with E-state index in [1.165, 1.54) is 11.6 Å². The fourth-order valence-corrected chi connectivity index (χ4v) is 1.40. The molecule has 1 aliphatic rings. The third-order valence-corrected chi connectivity index (χ3v) is 2.01. The Kier molecular flexibility index (Phi) is 1.50. The summed E-state index contributed by atoms with van der Waals surface area (Å²) < 4.78 is 12.7. The third kappa shape index (κ3) is 1.18. The molecule has 0 heterocycles. The van der Waals surface area contributed by atoms with Gasteiger partial charge in [0.15, 0.2) is 0 Å². The molecule has 56 valence electrons. The van der Waals surface area contributed by atoms with E-state index in [4.69, 9.17) is 0 Å². The van der Waals surface area contributed by atoms with E-state index in [1.807, 2.05) is 6.07 Å². The van der Waals surface area contributed by atoms with Crippen LogP contribution in [0.1, 0.15) is 11.1 Å². The van der Waals surface area contributed by atoms with E-state index in [9.17, 15) is 4.39 Å². The van der Waals surface area contributed by atoms with Crippen LogP contribution in [0.2, 0.25) is 0 Å². The molecule has 0 nitrogen and oxygen atoms in total. The van der Waals surface area contributed by atoms with Crippen LogP contribution in [0.4, 0.5) is 4.39 Å². The van der Waals surface area contributed by atoms with Gasteiger partial charge in [-0.05, 0) is 36.1 Å². The molecule has 0 atom stereocenters.